The van der Waals surface area contributed by atoms with Crippen molar-refractivity contribution in [3.8, 4) is 5.75 Å². The fourth-order valence-electron chi connectivity index (χ4n) is 2.32. The first-order chi connectivity index (χ1) is 13.6. The number of aryl methyl sites for hydroxylation is 1. The normalized spacial score (nSPS) is 11.5. The first kappa shape index (κ1) is 23.5. The summed E-state index contributed by atoms with van der Waals surface area (Å²) in [5.74, 6) is 0.186. The highest BCUT2D eigenvalue weighted by atomic mass is 35.5. The minimum absolute atomic E-state index is 0.0766. The second kappa shape index (κ2) is 10.3. The third-order valence-electron chi connectivity index (χ3n) is 4.07. The quantitative estimate of drug-likeness (QED) is 0.433. The molecule has 0 aliphatic heterocycles. The maximum absolute atomic E-state index is 12.6. The molecule has 0 heterocycles. The Morgan fingerprint density at radius 1 is 1.21 bits per heavy atom. The van der Waals surface area contributed by atoms with E-state index in [4.69, 9.17) is 16.3 Å². The Labute approximate surface area is 181 Å². The summed E-state index contributed by atoms with van der Waals surface area (Å²) in [6.45, 7) is 5.68. The number of rotatable bonds is 9. The van der Waals surface area contributed by atoms with E-state index in [9.17, 15) is 13.2 Å². The summed E-state index contributed by atoms with van der Waals surface area (Å²) >= 11 is 7.48. The fraction of sp³-hybridized carbons (Fsp3) is 0.350. The SMILES string of the molecule is CSc1ccc(S(=O)(=O)NCCOc2ccc(C)c(Cl)c2)cc1NC(=O)C(C)C. The Bertz CT molecular complexity index is 978. The third-order valence-corrected chi connectivity index (χ3v) is 6.73. The predicted molar refractivity (Wildman–Crippen MR) is 119 cm³/mol. The van der Waals surface area contributed by atoms with Crippen LogP contribution in [0.4, 0.5) is 5.69 Å². The van der Waals surface area contributed by atoms with E-state index >= 15 is 0 Å². The molecular formula is C20H25ClN2O4S2. The molecule has 0 saturated heterocycles. The van der Waals surface area contributed by atoms with E-state index in [0.717, 1.165) is 10.5 Å². The fourth-order valence-corrected chi connectivity index (χ4v) is 4.06. The number of carbonyl (C=O) groups is 1. The summed E-state index contributed by atoms with van der Waals surface area (Å²) in [4.78, 5) is 12.9. The Balaban J connectivity index is 2.04. The Kier molecular flexibility index (Phi) is 8.39. The standard InChI is InChI=1S/C20H25ClN2O4S2/c1-13(2)20(24)23-18-12-16(7-8-19(18)28-4)29(25,26)22-9-10-27-15-6-5-14(3)17(21)11-15/h5-8,11-13,22H,9-10H2,1-4H3,(H,23,24). The average Bonchev–Trinajstić information content (AvgIpc) is 2.67. The monoisotopic (exact) mass is 456 g/mol. The van der Waals surface area contributed by atoms with Crippen molar-refractivity contribution in [1.82, 2.24) is 4.72 Å². The van der Waals surface area contributed by atoms with Gasteiger partial charge in [-0.1, -0.05) is 31.5 Å². The van der Waals surface area contributed by atoms with E-state index in [2.05, 4.69) is 10.0 Å². The topological polar surface area (TPSA) is 84.5 Å². The number of halogens is 1. The molecule has 0 bridgehead atoms. The predicted octanol–water partition coefficient (Wildman–Crippen LogP) is 4.32. The third kappa shape index (κ3) is 6.64. The van der Waals surface area contributed by atoms with Crippen LogP contribution < -0.4 is 14.8 Å². The number of hydrogen-bond acceptors (Lipinski definition) is 5. The molecule has 0 aliphatic rings. The number of ether oxygens (including phenoxy) is 1. The van der Waals surface area contributed by atoms with Gasteiger partial charge >= 0.3 is 0 Å². The molecule has 0 aromatic heterocycles. The molecule has 2 aromatic carbocycles. The van der Waals surface area contributed by atoms with Crippen molar-refractivity contribution in [3.63, 3.8) is 0 Å². The van der Waals surface area contributed by atoms with E-state index in [1.54, 1.807) is 32.0 Å². The molecule has 0 spiro atoms. The van der Waals surface area contributed by atoms with Crippen LogP contribution in [0.5, 0.6) is 5.75 Å². The van der Waals surface area contributed by atoms with Crippen molar-refractivity contribution < 1.29 is 17.9 Å². The van der Waals surface area contributed by atoms with E-state index in [1.165, 1.54) is 23.9 Å². The summed E-state index contributed by atoms with van der Waals surface area (Å²) in [6.07, 6.45) is 1.86. The number of anilines is 1. The van der Waals surface area contributed by atoms with Gasteiger partial charge in [0.15, 0.2) is 0 Å². The highest BCUT2D eigenvalue weighted by Gasteiger charge is 2.17. The molecule has 6 nitrogen and oxygen atoms in total. The van der Waals surface area contributed by atoms with Gasteiger partial charge in [-0.2, -0.15) is 0 Å². The summed E-state index contributed by atoms with van der Waals surface area (Å²) < 4.78 is 33.3. The lowest BCUT2D eigenvalue weighted by Crippen LogP contribution is -2.28. The number of sulfonamides is 1. The van der Waals surface area contributed by atoms with Gasteiger partial charge in [-0.05, 0) is 49.1 Å². The molecule has 0 fully saturated rings. The number of thioether (sulfide) groups is 1. The summed E-state index contributed by atoms with van der Waals surface area (Å²) in [5.41, 5.74) is 1.42. The van der Waals surface area contributed by atoms with Crippen LogP contribution in [0.2, 0.25) is 5.02 Å². The van der Waals surface area contributed by atoms with E-state index < -0.39 is 10.0 Å². The molecule has 0 saturated carbocycles. The van der Waals surface area contributed by atoms with Gasteiger partial charge in [-0.25, -0.2) is 13.1 Å². The Hall–Kier alpha value is -1.74. The summed E-state index contributed by atoms with van der Waals surface area (Å²) in [6, 6.07) is 9.97. The zero-order chi connectivity index (χ0) is 21.6. The van der Waals surface area contributed by atoms with Crippen molar-refractivity contribution >= 4 is 45.0 Å². The number of carbonyl (C=O) groups excluding carboxylic acids is 1. The number of amides is 1. The van der Waals surface area contributed by atoms with Gasteiger partial charge in [-0.3, -0.25) is 4.79 Å². The van der Waals surface area contributed by atoms with E-state index in [1.807, 2.05) is 19.2 Å². The minimum atomic E-state index is -3.75. The van der Waals surface area contributed by atoms with Crippen LogP contribution in [0.25, 0.3) is 0 Å². The molecule has 29 heavy (non-hydrogen) atoms. The van der Waals surface area contributed by atoms with Crippen LogP contribution in [-0.2, 0) is 14.8 Å². The smallest absolute Gasteiger partial charge is 0.240 e. The summed E-state index contributed by atoms with van der Waals surface area (Å²) in [7, 11) is -3.75. The Morgan fingerprint density at radius 2 is 1.93 bits per heavy atom. The molecule has 0 aliphatic carbocycles. The number of hydrogen-bond donors (Lipinski definition) is 2. The van der Waals surface area contributed by atoms with E-state index in [0.29, 0.717) is 16.5 Å². The highest BCUT2D eigenvalue weighted by molar-refractivity contribution is 7.98. The van der Waals surface area contributed by atoms with Crippen molar-refractivity contribution in [3.05, 3.63) is 47.0 Å². The molecule has 0 atom stereocenters. The highest BCUT2D eigenvalue weighted by Crippen LogP contribution is 2.28. The lowest BCUT2D eigenvalue weighted by atomic mass is 10.2. The van der Waals surface area contributed by atoms with Crippen molar-refractivity contribution in [1.29, 1.82) is 0 Å². The molecule has 2 N–H and O–H groups in total. The summed E-state index contributed by atoms with van der Waals surface area (Å²) in [5, 5.41) is 3.37. The number of nitrogens with one attached hydrogen (secondary N) is 2. The average molecular weight is 457 g/mol. The zero-order valence-electron chi connectivity index (χ0n) is 16.8. The van der Waals surface area contributed by atoms with Crippen LogP contribution in [0.15, 0.2) is 46.2 Å². The molecule has 9 heteroatoms. The first-order valence-electron chi connectivity index (χ1n) is 9.01. The second-order valence-electron chi connectivity index (χ2n) is 6.66. The first-order valence-corrected chi connectivity index (χ1v) is 12.1. The largest absolute Gasteiger partial charge is 0.492 e. The maximum atomic E-state index is 12.6. The Morgan fingerprint density at radius 3 is 2.55 bits per heavy atom. The molecule has 0 unspecified atom stereocenters. The van der Waals surface area contributed by atoms with Crippen LogP contribution in [0, 0.1) is 12.8 Å². The van der Waals surface area contributed by atoms with Crippen molar-refractivity contribution in [2.24, 2.45) is 5.92 Å². The van der Waals surface area contributed by atoms with Gasteiger partial charge in [0.05, 0.1) is 10.6 Å². The molecule has 158 valence electrons. The second-order valence-corrected chi connectivity index (χ2v) is 9.69. The van der Waals surface area contributed by atoms with Gasteiger partial charge in [0.2, 0.25) is 15.9 Å². The molecule has 2 rings (SSSR count). The lowest BCUT2D eigenvalue weighted by molar-refractivity contribution is -0.118. The number of benzene rings is 2. The van der Waals surface area contributed by atoms with Crippen molar-refractivity contribution in [2.75, 3.05) is 24.7 Å². The zero-order valence-corrected chi connectivity index (χ0v) is 19.2. The lowest BCUT2D eigenvalue weighted by Gasteiger charge is -2.14. The van der Waals surface area contributed by atoms with E-state index in [-0.39, 0.29) is 29.9 Å². The van der Waals surface area contributed by atoms with Gasteiger partial charge in [-0.15, -0.1) is 11.8 Å². The van der Waals surface area contributed by atoms with Crippen LogP contribution >= 0.6 is 23.4 Å². The van der Waals surface area contributed by atoms with Crippen LogP contribution in [0.1, 0.15) is 19.4 Å². The molecular weight excluding hydrogens is 432 g/mol. The maximum Gasteiger partial charge on any atom is 0.240 e. The van der Waals surface area contributed by atoms with Gasteiger partial charge in [0.1, 0.15) is 12.4 Å². The van der Waals surface area contributed by atoms with Crippen LogP contribution in [-0.4, -0.2) is 33.7 Å². The van der Waals surface area contributed by atoms with Gasteiger partial charge in [0, 0.05) is 22.4 Å². The van der Waals surface area contributed by atoms with Crippen molar-refractivity contribution in [2.45, 2.75) is 30.6 Å². The molecule has 0 radical (unpaired) electrons. The molecule has 1 amide bonds. The minimum Gasteiger partial charge on any atom is -0.492 e. The molecule has 2 aromatic rings. The van der Waals surface area contributed by atoms with Crippen LogP contribution in [0.3, 0.4) is 0 Å². The van der Waals surface area contributed by atoms with Gasteiger partial charge in [0.25, 0.3) is 0 Å². The van der Waals surface area contributed by atoms with Gasteiger partial charge < -0.3 is 10.1 Å².